The van der Waals surface area contributed by atoms with E-state index in [2.05, 4.69) is 6.07 Å². The molecule has 33 heavy (non-hydrogen) atoms. The summed E-state index contributed by atoms with van der Waals surface area (Å²) in [7, 11) is 2.99. The normalized spacial score (nSPS) is 16.2. The van der Waals surface area contributed by atoms with E-state index in [0.717, 1.165) is 29.5 Å². The lowest BCUT2D eigenvalue weighted by Crippen LogP contribution is -2.38. The van der Waals surface area contributed by atoms with Crippen molar-refractivity contribution in [2.24, 2.45) is 5.92 Å². The van der Waals surface area contributed by atoms with Gasteiger partial charge in [0.15, 0.2) is 0 Å². The summed E-state index contributed by atoms with van der Waals surface area (Å²) in [5.74, 6) is -0.175. The average molecular weight is 465 g/mol. The Labute approximate surface area is 199 Å². The zero-order valence-corrected chi connectivity index (χ0v) is 21.2. The van der Waals surface area contributed by atoms with Crippen LogP contribution in [-0.2, 0) is 26.1 Å². The molecule has 1 aromatic carbocycles. The molecule has 0 heterocycles. The van der Waals surface area contributed by atoms with Crippen molar-refractivity contribution in [1.82, 2.24) is 0 Å². The second-order valence-corrected chi connectivity index (χ2v) is 9.47. The number of rotatable bonds is 15. The van der Waals surface area contributed by atoms with Crippen molar-refractivity contribution < 1.29 is 29.6 Å². The van der Waals surface area contributed by atoms with Gasteiger partial charge in [0.05, 0.1) is 25.4 Å². The van der Waals surface area contributed by atoms with Gasteiger partial charge in [-0.15, -0.1) is 0 Å². The summed E-state index contributed by atoms with van der Waals surface area (Å²) in [5, 5.41) is 31.1. The molecule has 0 radical (unpaired) electrons. The third-order valence-corrected chi connectivity index (χ3v) is 6.67. The quantitative estimate of drug-likeness (QED) is 0.269. The average Bonchev–Trinajstić information content (AvgIpc) is 2.81. The zero-order chi connectivity index (χ0) is 25.0. The highest BCUT2D eigenvalue weighted by Crippen LogP contribution is 2.32. The molecule has 0 aliphatic carbocycles. The van der Waals surface area contributed by atoms with Crippen LogP contribution >= 0.6 is 0 Å². The van der Waals surface area contributed by atoms with E-state index in [9.17, 15) is 20.1 Å². The van der Waals surface area contributed by atoms with Crippen molar-refractivity contribution in [1.29, 1.82) is 0 Å². The van der Waals surface area contributed by atoms with Crippen LogP contribution in [0.3, 0.4) is 0 Å². The molecule has 3 N–H and O–H groups in total. The Morgan fingerprint density at radius 3 is 2.45 bits per heavy atom. The van der Waals surface area contributed by atoms with Crippen molar-refractivity contribution in [2.45, 2.75) is 89.9 Å². The highest BCUT2D eigenvalue weighted by atomic mass is 16.5. The van der Waals surface area contributed by atoms with E-state index >= 15 is 0 Å². The summed E-state index contributed by atoms with van der Waals surface area (Å²) in [6.07, 6.45) is 3.68. The van der Waals surface area contributed by atoms with Crippen molar-refractivity contribution in [3.05, 3.63) is 47.0 Å². The third kappa shape index (κ3) is 9.57. The van der Waals surface area contributed by atoms with E-state index in [4.69, 9.17) is 9.47 Å². The maximum absolute atomic E-state index is 11.4. The summed E-state index contributed by atoms with van der Waals surface area (Å²) >= 11 is 0. The molecule has 0 unspecified atom stereocenters. The highest BCUT2D eigenvalue weighted by Gasteiger charge is 2.32. The Bertz CT molecular complexity index is 738. The van der Waals surface area contributed by atoms with Gasteiger partial charge in [-0.1, -0.05) is 51.1 Å². The lowest BCUT2D eigenvalue weighted by molar-refractivity contribution is -0.140. The summed E-state index contributed by atoms with van der Waals surface area (Å²) in [4.78, 5) is 11.4. The van der Waals surface area contributed by atoms with E-state index in [0.29, 0.717) is 25.7 Å². The monoisotopic (exact) mass is 464 g/mol. The molecule has 0 bridgehead atoms. The molecular formula is C27H44O6. The molecule has 1 aromatic rings. The molecule has 6 nitrogen and oxygen atoms in total. The molecule has 0 aliphatic heterocycles. The fourth-order valence-corrected chi connectivity index (χ4v) is 3.91. The van der Waals surface area contributed by atoms with Gasteiger partial charge in [-0.3, -0.25) is 4.79 Å². The Hall–Kier alpha value is -1.73. The van der Waals surface area contributed by atoms with Crippen LogP contribution < -0.4 is 0 Å². The number of aliphatic hydroxyl groups excluding tert-OH is 3. The Kier molecular flexibility index (Phi) is 12.9. The number of esters is 1. The number of carbonyl (C=O) groups is 1. The van der Waals surface area contributed by atoms with Crippen LogP contribution in [0.2, 0.25) is 0 Å². The van der Waals surface area contributed by atoms with Gasteiger partial charge in [0.25, 0.3) is 0 Å². The predicted octanol–water partition coefficient (Wildman–Crippen LogP) is 3.94. The van der Waals surface area contributed by atoms with Crippen molar-refractivity contribution in [2.75, 3.05) is 20.8 Å². The van der Waals surface area contributed by atoms with Crippen molar-refractivity contribution >= 4 is 5.97 Å². The van der Waals surface area contributed by atoms with E-state index in [1.807, 2.05) is 52.0 Å². The van der Waals surface area contributed by atoms with E-state index < -0.39 is 17.6 Å². The van der Waals surface area contributed by atoms with Gasteiger partial charge in [-0.2, -0.15) is 0 Å². The van der Waals surface area contributed by atoms with E-state index in [1.54, 1.807) is 7.11 Å². The number of aryl methyl sites for hydroxylation is 1. The van der Waals surface area contributed by atoms with Gasteiger partial charge in [0, 0.05) is 44.3 Å². The van der Waals surface area contributed by atoms with Crippen molar-refractivity contribution in [3.63, 3.8) is 0 Å². The molecule has 1 rings (SSSR count). The first kappa shape index (κ1) is 29.3. The maximum atomic E-state index is 11.4. The Morgan fingerprint density at radius 2 is 1.88 bits per heavy atom. The van der Waals surface area contributed by atoms with Crippen LogP contribution in [-0.4, -0.2) is 60.4 Å². The minimum atomic E-state index is -0.691. The van der Waals surface area contributed by atoms with Gasteiger partial charge < -0.3 is 24.8 Å². The van der Waals surface area contributed by atoms with Gasteiger partial charge in [-0.05, 0) is 42.9 Å². The number of carbonyl (C=O) groups excluding carboxylic acids is 1. The number of hydrogen-bond donors (Lipinski definition) is 3. The standard InChI is InChI=1S/C27H44O6/c1-7-20(18-28)14-19(2)24(29)16-23(32-5)17-25(30)27(3,4)22-12-8-10-21(15-22)11-9-13-26(31)33-6/h8,10,12,14-15,20,23-25,28-30H,7,9,11,13,16-18H2,1-6H3/b19-14-/t20-,23-,24+,25+/m1/s1. The van der Waals surface area contributed by atoms with Gasteiger partial charge in [-0.25, -0.2) is 0 Å². The van der Waals surface area contributed by atoms with E-state index in [-0.39, 0.29) is 24.6 Å². The Balaban J connectivity index is 2.81. The molecule has 188 valence electrons. The van der Waals surface area contributed by atoms with Gasteiger partial charge in [0.1, 0.15) is 0 Å². The SMILES string of the molecule is CC[C@H](/C=C(/C)[C@@H](O)C[C@H](C[C@H](O)C(C)(C)c1cccc(CCCC(=O)OC)c1)OC)CO. The number of aliphatic hydroxyl groups is 3. The zero-order valence-electron chi connectivity index (χ0n) is 21.2. The van der Waals surface area contributed by atoms with Crippen LogP contribution in [0.1, 0.15) is 70.9 Å². The molecule has 0 fully saturated rings. The summed E-state index contributed by atoms with van der Waals surface area (Å²) < 4.78 is 10.3. The minimum absolute atomic E-state index is 0.0325. The second-order valence-electron chi connectivity index (χ2n) is 9.47. The minimum Gasteiger partial charge on any atom is -0.469 e. The van der Waals surface area contributed by atoms with Crippen LogP contribution in [0.5, 0.6) is 0 Å². The molecule has 0 aliphatic rings. The molecule has 0 amide bonds. The van der Waals surface area contributed by atoms with Crippen LogP contribution in [0.25, 0.3) is 0 Å². The third-order valence-electron chi connectivity index (χ3n) is 6.67. The molecule has 0 aromatic heterocycles. The maximum Gasteiger partial charge on any atom is 0.305 e. The summed E-state index contributed by atoms with van der Waals surface area (Å²) in [5.41, 5.74) is 2.43. The lowest BCUT2D eigenvalue weighted by Gasteiger charge is -2.34. The van der Waals surface area contributed by atoms with Crippen molar-refractivity contribution in [3.8, 4) is 0 Å². The fourth-order valence-electron chi connectivity index (χ4n) is 3.91. The van der Waals surface area contributed by atoms with E-state index in [1.165, 1.54) is 7.11 Å². The molecule has 6 heteroatoms. The number of methoxy groups -OCH3 is 2. The first-order valence-electron chi connectivity index (χ1n) is 11.9. The first-order valence-corrected chi connectivity index (χ1v) is 11.9. The number of hydrogen-bond acceptors (Lipinski definition) is 6. The topological polar surface area (TPSA) is 96.2 Å². The predicted molar refractivity (Wildman–Crippen MR) is 131 cm³/mol. The van der Waals surface area contributed by atoms with Gasteiger partial charge in [0.2, 0.25) is 0 Å². The van der Waals surface area contributed by atoms with Crippen LogP contribution in [0, 0.1) is 5.92 Å². The molecule has 0 saturated carbocycles. The van der Waals surface area contributed by atoms with Gasteiger partial charge >= 0.3 is 5.97 Å². The fraction of sp³-hybridized carbons (Fsp3) is 0.667. The number of benzene rings is 1. The van der Waals surface area contributed by atoms with Crippen LogP contribution in [0.15, 0.2) is 35.9 Å². The largest absolute Gasteiger partial charge is 0.469 e. The number of ether oxygens (including phenoxy) is 2. The summed E-state index contributed by atoms with van der Waals surface area (Å²) in [6, 6.07) is 8.11. The molecular weight excluding hydrogens is 420 g/mol. The summed E-state index contributed by atoms with van der Waals surface area (Å²) in [6.45, 7) is 7.94. The Morgan fingerprint density at radius 1 is 1.18 bits per heavy atom. The second kappa shape index (κ2) is 14.5. The first-order chi connectivity index (χ1) is 15.6. The molecule has 0 saturated heterocycles. The smallest absolute Gasteiger partial charge is 0.305 e. The highest BCUT2D eigenvalue weighted by molar-refractivity contribution is 5.69. The molecule has 4 atom stereocenters. The van der Waals surface area contributed by atoms with Crippen LogP contribution in [0.4, 0.5) is 0 Å². The lowest BCUT2D eigenvalue weighted by atomic mass is 9.76. The molecule has 0 spiro atoms.